The minimum atomic E-state index is -0.546. The van der Waals surface area contributed by atoms with Crippen LogP contribution in [-0.4, -0.2) is 42.3 Å². The molecule has 0 spiro atoms. The van der Waals surface area contributed by atoms with Gasteiger partial charge in [0.1, 0.15) is 0 Å². The number of nitrogens with zero attached hydrogens (tertiary/aromatic N) is 1. The van der Waals surface area contributed by atoms with Crippen LogP contribution in [0, 0.1) is 0 Å². The summed E-state index contributed by atoms with van der Waals surface area (Å²) in [6.45, 7) is 0.276. The number of primary amides is 3. The van der Waals surface area contributed by atoms with E-state index in [4.69, 9.17) is 17.2 Å². The molecule has 0 atom stereocenters. The average Bonchev–Trinajstić information content (AvgIpc) is 2.00. The summed E-state index contributed by atoms with van der Waals surface area (Å²) in [7, 11) is 0. The minimum Gasteiger partial charge on any atom is -0.370 e. The molecule has 7 heteroatoms. The molecule has 0 heterocycles. The predicted molar refractivity (Wildman–Crippen MR) is 53.3 cm³/mol. The van der Waals surface area contributed by atoms with Gasteiger partial charge in [0, 0.05) is 6.42 Å². The van der Waals surface area contributed by atoms with E-state index in [1.54, 1.807) is 0 Å². The van der Waals surface area contributed by atoms with E-state index < -0.39 is 17.7 Å². The van der Waals surface area contributed by atoms with Crippen molar-refractivity contribution in [2.45, 2.75) is 12.8 Å². The van der Waals surface area contributed by atoms with Gasteiger partial charge in [-0.1, -0.05) is 0 Å². The van der Waals surface area contributed by atoms with Crippen molar-refractivity contribution in [3.63, 3.8) is 0 Å². The number of hydrogen-bond acceptors (Lipinski definition) is 4. The van der Waals surface area contributed by atoms with Crippen LogP contribution in [-0.2, 0) is 14.4 Å². The van der Waals surface area contributed by atoms with Crippen LogP contribution < -0.4 is 17.2 Å². The third-order valence-electron chi connectivity index (χ3n) is 1.66. The lowest BCUT2D eigenvalue weighted by Gasteiger charge is -2.18. The maximum Gasteiger partial charge on any atom is 0.231 e. The highest BCUT2D eigenvalue weighted by Gasteiger charge is 2.10. The summed E-state index contributed by atoms with van der Waals surface area (Å²) in [6, 6.07) is 0. The number of rotatable bonds is 8. The SMILES string of the molecule is NC(=O)CCCN(CC(N)=O)CC(N)=O. The second-order valence-electron chi connectivity index (χ2n) is 3.21. The highest BCUT2D eigenvalue weighted by molar-refractivity contribution is 5.79. The van der Waals surface area contributed by atoms with Gasteiger partial charge in [-0.05, 0) is 13.0 Å². The van der Waals surface area contributed by atoms with Crippen molar-refractivity contribution in [2.24, 2.45) is 17.2 Å². The molecular formula is C8H16N4O3. The molecule has 0 radical (unpaired) electrons. The van der Waals surface area contributed by atoms with Gasteiger partial charge in [-0.15, -0.1) is 0 Å². The van der Waals surface area contributed by atoms with Crippen molar-refractivity contribution in [1.82, 2.24) is 4.90 Å². The van der Waals surface area contributed by atoms with Gasteiger partial charge in [0.05, 0.1) is 13.1 Å². The fourth-order valence-electron chi connectivity index (χ4n) is 1.13. The fourth-order valence-corrected chi connectivity index (χ4v) is 1.13. The molecule has 7 nitrogen and oxygen atoms in total. The molecule has 0 bridgehead atoms. The van der Waals surface area contributed by atoms with E-state index in [0.717, 1.165) is 0 Å². The van der Waals surface area contributed by atoms with Gasteiger partial charge >= 0.3 is 0 Å². The Morgan fingerprint density at radius 1 is 0.867 bits per heavy atom. The fraction of sp³-hybridized carbons (Fsp3) is 0.625. The van der Waals surface area contributed by atoms with E-state index in [0.29, 0.717) is 13.0 Å². The lowest BCUT2D eigenvalue weighted by atomic mass is 10.2. The van der Waals surface area contributed by atoms with Crippen LogP contribution >= 0.6 is 0 Å². The zero-order valence-electron chi connectivity index (χ0n) is 8.44. The van der Waals surface area contributed by atoms with Gasteiger partial charge in [0.2, 0.25) is 17.7 Å². The lowest BCUT2D eigenvalue weighted by molar-refractivity contribution is -0.121. The van der Waals surface area contributed by atoms with Crippen LogP contribution in [0.4, 0.5) is 0 Å². The molecule has 0 saturated heterocycles. The molecule has 0 aliphatic heterocycles. The molecule has 15 heavy (non-hydrogen) atoms. The maximum atomic E-state index is 10.6. The number of nitrogens with two attached hydrogens (primary N) is 3. The molecule has 3 amide bonds. The summed E-state index contributed by atoms with van der Waals surface area (Å²) in [6.07, 6.45) is 0.671. The van der Waals surface area contributed by atoms with E-state index in [-0.39, 0.29) is 19.5 Å². The number of carbonyl (C=O) groups excluding carboxylic acids is 3. The number of carbonyl (C=O) groups is 3. The Balaban J connectivity index is 3.94. The Labute approximate surface area is 87.6 Å². The highest BCUT2D eigenvalue weighted by Crippen LogP contribution is 1.94. The normalized spacial score (nSPS) is 10.2. The van der Waals surface area contributed by atoms with Crippen molar-refractivity contribution in [3.05, 3.63) is 0 Å². The van der Waals surface area contributed by atoms with Crippen LogP contribution in [0.5, 0.6) is 0 Å². The number of hydrogen-bond donors (Lipinski definition) is 3. The molecule has 0 aliphatic carbocycles. The summed E-state index contributed by atoms with van der Waals surface area (Å²) in [5.74, 6) is -1.52. The van der Waals surface area contributed by atoms with E-state index in [9.17, 15) is 14.4 Å². The van der Waals surface area contributed by atoms with Crippen molar-refractivity contribution >= 4 is 17.7 Å². The minimum absolute atomic E-state index is 0.0539. The molecule has 6 N–H and O–H groups in total. The van der Waals surface area contributed by atoms with Crippen LogP contribution in [0.2, 0.25) is 0 Å². The first-order valence-corrected chi connectivity index (χ1v) is 4.49. The Morgan fingerprint density at radius 3 is 1.67 bits per heavy atom. The van der Waals surface area contributed by atoms with Crippen molar-refractivity contribution in [3.8, 4) is 0 Å². The predicted octanol–water partition coefficient (Wildman–Crippen LogP) is -2.48. The molecule has 0 unspecified atom stereocenters. The standard InChI is InChI=1S/C8H16N4O3/c9-6(13)2-1-3-12(4-7(10)14)5-8(11)15/h1-5H2,(H2,9,13)(H2,10,14)(H2,11,15). The van der Waals surface area contributed by atoms with Crippen molar-refractivity contribution in [2.75, 3.05) is 19.6 Å². The Morgan fingerprint density at radius 2 is 1.33 bits per heavy atom. The summed E-state index contributed by atoms with van der Waals surface area (Å²) < 4.78 is 0. The molecule has 0 aliphatic rings. The molecular weight excluding hydrogens is 200 g/mol. The zero-order chi connectivity index (χ0) is 11.8. The van der Waals surface area contributed by atoms with Crippen LogP contribution in [0.1, 0.15) is 12.8 Å². The van der Waals surface area contributed by atoms with E-state index in [1.807, 2.05) is 0 Å². The monoisotopic (exact) mass is 216 g/mol. The molecule has 0 aromatic heterocycles. The van der Waals surface area contributed by atoms with Gasteiger partial charge in [-0.2, -0.15) is 0 Å². The number of amides is 3. The third-order valence-corrected chi connectivity index (χ3v) is 1.66. The van der Waals surface area contributed by atoms with Crippen molar-refractivity contribution < 1.29 is 14.4 Å². The van der Waals surface area contributed by atoms with Crippen LogP contribution in [0.25, 0.3) is 0 Å². The summed E-state index contributed by atoms with van der Waals surface area (Å²) in [5, 5.41) is 0. The molecule has 0 saturated carbocycles. The quantitative estimate of drug-likeness (QED) is 0.414. The van der Waals surface area contributed by atoms with Gasteiger partial charge in [-0.25, -0.2) is 0 Å². The van der Waals surface area contributed by atoms with Gasteiger partial charge in [0.15, 0.2) is 0 Å². The van der Waals surface area contributed by atoms with Gasteiger partial charge in [0.25, 0.3) is 0 Å². The van der Waals surface area contributed by atoms with Gasteiger partial charge < -0.3 is 17.2 Å². The molecule has 0 fully saturated rings. The Hall–Kier alpha value is -1.63. The smallest absolute Gasteiger partial charge is 0.231 e. The summed E-state index contributed by atoms with van der Waals surface area (Å²) in [5.41, 5.74) is 14.9. The first kappa shape index (κ1) is 13.4. The zero-order valence-corrected chi connectivity index (χ0v) is 8.44. The van der Waals surface area contributed by atoms with Crippen LogP contribution in [0.3, 0.4) is 0 Å². The highest BCUT2D eigenvalue weighted by atomic mass is 16.2. The average molecular weight is 216 g/mol. The largest absolute Gasteiger partial charge is 0.370 e. The van der Waals surface area contributed by atoms with Crippen molar-refractivity contribution in [1.29, 1.82) is 0 Å². The Kier molecular flexibility index (Phi) is 6.03. The van der Waals surface area contributed by atoms with E-state index in [1.165, 1.54) is 4.90 Å². The molecule has 0 aromatic rings. The first-order chi connectivity index (χ1) is 6.91. The second kappa shape index (κ2) is 6.77. The molecule has 0 aromatic carbocycles. The third kappa shape index (κ3) is 8.69. The molecule has 0 rings (SSSR count). The first-order valence-electron chi connectivity index (χ1n) is 4.49. The summed E-state index contributed by atoms with van der Waals surface area (Å²) >= 11 is 0. The van der Waals surface area contributed by atoms with E-state index >= 15 is 0 Å². The summed E-state index contributed by atoms with van der Waals surface area (Å²) in [4.78, 5) is 33.2. The molecule has 86 valence electrons. The maximum absolute atomic E-state index is 10.6. The van der Waals surface area contributed by atoms with Crippen LogP contribution in [0.15, 0.2) is 0 Å². The second-order valence-corrected chi connectivity index (χ2v) is 3.21. The van der Waals surface area contributed by atoms with E-state index in [2.05, 4.69) is 0 Å². The Bertz CT molecular complexity index is 238. The lowest BCUT2D eigenvalue weighted by Crippen LogP contribution is -2.40. The topological polar surface area (TPSA) is 133 Å². The van der Waals surface area contributed by atoms with Gasteiger partial charge in [-0.3, -0.25) is 19.3 Å².